The third kappa shape index (κ3) is 2.41. The maximum atomic E-state index is 5.44. The Morgan fingerprint density at radius 3 is 2.88 bits per heavy atom. The first-order valence-corrected chi connectivity index (χ1v) is 7.09. The fraction of sp³-hybridized carbons (Fsp3) is 0.692. The van der Waals surface area contributed by atoms with Crippen LogP contribution in [0.3, 0.4) is 0 Å². The van der Waals surface area contributed by atoms with Crippen LogP contribution in [0.4, 0.5) is 0 Å². The quantitative estimate of drug-likeness (QED) is 0.847. The third-order valence-electron chi connectivity index (χ3n) is 3.45. The summed E-state index contributed by atoms with van der Waals surface area (Å²) < 4.78 is 5.44. The standard InChI is InChI=1S/C13H21NOS/c1-3-14-12(10-6-4-5-7-10)13-11(15-2)8-9-16-13/h8-10,12,14H,3-7H2,1-2H3. The molecule has 0 bridgehead atoms. The van der Waals surface area contributed by atoms with Crippen molar-refractivity contribution >= 4 is 11.3 Å². The average Bonchev–Trinajstić information content (AvgIpc) is 2.96. The van der Waals surface area contributed by atoms with E-state index in [0.717, 1.165) is 18.2 Å². The van der Waals surface area contributed by atoms with E-state index in [1.54, 1.807) is 7.11 Å². The van der Waals surface area contributed by atoms with Crippen molar-refractivity contribution < 1.29 is 4.74 Å². The molecular weight excluding hydrogens is 218 g/mol. The van der Waals surface area contributed by atoms with Crippen LogP contribution in [0.1, 0.15) is 43.5 Å². The van der Waals surface area contributed by atoms with Crippen molar-refractivity contribution in [1.29, 1.82) is 0 Å². The Balaban J connectivity index is 2.17. The van der Waals surface area contributed by atoms with Gasteiger partial charge in [-0.2, -0.15) is 0 Å². The molecule has 1 unspecified atom stereocenters. The highest BCUT2D eigenvalue weighted by Gasteiger charge is 2.28. The van der Waals surface area contributed by atoms with Gasteiger partial charge >= 0.3 is 0 Å². The van der Waals surface area contributed by atoms with E-state index in [-0.39, 0.29) is 0 Å². The van der Waals surface area contributed by atoms with E-state index in [1.165, 1.54) is 30.6 Å². The number of rotatable bonds is 5. The summed E-state index contributed by atoms with van der Waals surface area (Å²) in [5, 5.41) is 5.76. The molecule has 1 saturated carbocycles. The minimum Gasteiger partial charge on any atom is -0.496 e. The van der Waals surface area contributed by atoms with Gasteiger partial charge in [-0.25, -0.2) is 0 Å². The van der Waals surface area contributed by atoms with Crippen LogP contribution in [0.15, 0.2) is 11.4 Å². The molecule has 90 valence electrons. The van der Waals surface area contributed by atoms with E-state index >= 15 is 0 Å². The summed E-state index contributed by atoms with van der Waals surface area (Å²) in [6, 6.07) is 2.58. The summed E-state index contributed by atoms with van der Waals surface area (Å²) in [6.45, 7) is 3.21. The van der Waals surface area contributed by atoms with Crippen molar-refractivity contribution in [2.24, 2.45) is 5.92 Å². The molecule has 0 saturated heterocycles. The Labute approximate surface area is 102 Å². The summed E-state index contributed by atoms with van der Waals surface area (Å²) in [7, 11) is 1.77. The minimum absolute atomic E-state index is 0.502. The highest BCUT2D eigenvalue weighted by atomic mass is 32.1. The monoisotopic (exact) mass is 239 g/mol. The first-order chi connectivity index (χ1) is 7.86. The van der Waals surface area contributed by atoms with Crippen LogP contribution in [0.5, 0.6) is 5.75 Å². The van der Waals surface area contributed by atoms with Gasteiger partial charge in [0, 0.05) is 6.04 Å². The van der Waals surface area contributed by atoms with Gasteiger partial charge in [-0.05, 0) is 36.8 Å². The lowest BCUT2D eigenvalue weighted by Gasteiger charge is -2.24. The topological polar surface area (TPSA) is 21.3 Å². The minimum atomic E-state index is 0.502. The molecule has 2 nitrogen and oxygen atoms in total. The maximum Gasteiger partial charge on any atom is 0.134 e. The van der Waals surface area contributed by atoms with Gasteiger partial charge in [0.2, 0.25) is 0 Å². The van der Waals surface area contributed by atoms with Crippen LogP contribution < -0.4 is 10.1 Å². The Hall–Kier alpha value is -0.540. The number of methoxy groups -OCH3 is 1. The summed E-state index contributed by atoms with van der Waals surface area (Å²) in [5.41, 5.74) is 0. The van der Waals surface area contributed by atoms with Gasteiger partial charge in [0.1, 0.15) is 5.75 Å². The number of hydrogen-bond donors (Lipinski definition) is 1. The van der Waals surface area contributed by atoms with Crippen molar-refractivity contribution in [1.82, 2.24) is 5.32 Å². The Kier molecular flexibility index (Phi) is 4.24. The van der Waals surface area contributed by atoms with Crippen LogP contribution in [-0.4, -0.2) is 13.7 Å². The fourth-order valence-electron chi connectivity index (χ4n) is 2.69. The second-order valence-electron chi connectivity index (χ2n) is 4.43. The molecule has 1 N–H and O–H groups in total. The number of nitrogens with one attached hydrogen (secondary N) is 1. The Bertz CT molecular complexity index is 317. The van der Waals surface area contributed by atoms with Gasteiger partial charge in [-0.3, -0.25) is 0 Å². The van der Waals surface area contributed by atoms with Crippen molar-refractivity contribution in [2.45, 2.75) is 38.6 Å². The molecule has 1 heterocycles. The molecule has 1 aliphatic rings. The van der Waals surface area contributed by atoms with Crippen molar-refractivity contribution in [3.05, 3.63) is 16.3 Å². The van der Waals surface area contributed by atoms with Gasteiger partial charge in [0.25, 0.3) is 0 Å². The zero-order valence-corrected chi connectivity index (χ0v) is 11.0. The zero-order chi connectivity index (χ0) is 11.4. The summed E-state index contributed by atoms with van der Waals surface area (Å²) in [6.07, 6.45) is 5.50. The van der Waals surface area contributed by atoms with Crippen molar-refractivity contribution in [3.8, 4) is 5.75 Å². The predicted octanol–water partition coefficient (Wildman–Crippen LogP) is 3.60. The first-order valence-electron chi connectivity index (χ1n) is 6.21. The number of thiophene rings is 1. The lowest BCUT2D eigenvalue weighted by molar-refractivity contribution is 0.356. The predicted molar refractivity (Wildman–Crippen MR) is 69.2 cm³/mol. The van der Waals surface area contributed by atoms with Crippen molar-refractivity contribution in [3.63, 3.8) is 0 Å². The molecule has 1 aliphatic carbocycles. The molecule has 1 aromatic heterocycles. The maximum absolute atomic E-state index is 5.44. The van der Waals surface area contributed by atoms with Crippen molar-refractivity contribution in [2.75, 3.05) is 13.7 Å². The Morgan fingerprint density at radius 1 is 1.50 bits per heavy atom. The molecule has 16 heavy (non-hydrogen) atoms. The largest absolute Gasteiger partial charge is 0.496 e. The van der Waals surface area contributed by atoms with E-state index in [4.69, 9.17) is 4.74 Å². The summed E-state index contributed by atoms with van der Waals surface area (Å²) in [5.74, 6) is 1.86. The van der Waals surface area contributed by atoms with Crippen LogP contribution in [0, 0.1) is 5.92 Å². The van der Waals surface area contributed by atoms with Gasteiger partial charge < -0.3 is 10.1 Å². The molecule has 0 aromatic carbocycles. The zero-order valence-electron chi connectivity index (χ0n) is 10.2. The van der Waals surface area contributed by atoms with E-state index < -0.39 is 0 Å². The highest BCUT2D eigenvalue weighted by Crippen LogP contribution is 2.41. The summed E-state index contributed by atoms with van der Waals surface area (Å²) >= 11 is 1.82. The fourth-order valence-corrected chi connectivity index (χ4v) is 3.72. The van der Waals surface area contributed by atoms with E-state index in [0.29, 0.717) is 6.04 Å². The third-order valence-corrected chi connectivity index (χ3v) is 4.44. The molecule has 0 radical (unpaired) electrons. The van der Waals surface area contributed by atoms with Gasteiger partial charge in [-0.15, -0.1) is 11.3 Å². The molecule has 2 rings (SSSR count). The molecule has 1 aromatic rings. The van der Waals surface area contributed by atoms with E-state index in [1.807, 2.05) is 11.3 Å². The summed E-state index contributed by atoms with van der Waals surface area (Å²) in [4.78, 5) is 1.39. The average molecular weight is 239 g/mol. The van der Waals surface area contributed by atoms with Gasteiger partial charge in [0.05, 0.1) is 12.0 Å². The van der Waals surface area contributed by atoms with Gasteiger partial charge in [-0.1, -0.05) is 19.8 Å². The molecule has 0 spiro atoms. The smallest absolute Gasteiger partial charge is 0.134 e. The van der Waals surface area contributed by atoms with Crippen LogP contribution >= 0.6 is 11.3 Å². The lowest BCUT2D eigenvalue weighted by Crippen LogP contribution is -2.26. The normalized spacial score (nSPS) is 18.9. The molecule has 1 fully saturated rings. The van der Waals surface area contributed by atoms with E-state index in [2.05, 4.69) is 23.7 Å². The van der Waals surface area contributed by atoms with Crippen LogP contribution in [0.2, 0.25) is 0 Å². The number of hydrogen-bond acceptors (Lipinski definition) is 3. The van der Waals surface area contributed by atoms with Crippen LogP contribution in [0.25, 0.3) is 0 Å². The molecular formula is C13H21NOS. The van der Waals surface area contributed by atoms with Gasteiger partial charge in [0.15, 0.2) is 0 Å². The highest BCUT2D eigenvalue weighted by molar-refractivity contribution is 7.10. The Morgan fingerprint density at radius 2 is 2.25 bits per heavy atom. The molecule has 0 aliphatic heterocycles. The second kappa shape index (κ2) is 5.69. The SMILES string of the molecule is CCNC(c1sccc1OC)C1CCCC1. The molecule has 0 amide bonds. The molecule has 3 heteroatoms. The van der Waals surface area contributed by atoms with Crippen LogP contribution in [-0.2, 0) is 0 Å². The second-order valence-corrected chi connectivity index (χ2v) is 5.38. The van der Waals surface area contributed by atoms with E-state index in [9.17, 15) is 0 Å². The number of ether oxygens (including phenoxy) is 1. The lowest BCUT2D eigenvalue weighted by atomic mass is 9.96. The first kappa shape index (κ1) is 11.9. The molecule has 1 atom stereocenters.